The van der Waals surface area contributed by atoms with Crippen LogP contribution in [0.15, 0.2) is 17.5 Å². The largest absolute Gasteiger partial charge is 0.369 e. The molecule has 3 atom stereocenters. The second-order valence-corrected chi connectivity index (χ2v) is 5.22. The van der Waals surface area contributed by atoms with Gasteiger partial charge in [0.15, 0.2) is 5.11 Å². The first-order valence-electron chi connectivity index (χ1n) is 4.99. The van der Waals surface area contributed by atoms with E-state index < -0.39 is 0 Å². The van der Waals surface area contributed by atoms with Gasteiger partial charge in [0.25, 0.3) is 0 Å². The summed E-state index contributed by atoms with van der Waals surface area (Å²) < 4.78 is 0. The maximum absolute atomic E-state index is 11.5. The van der Waals surface area contributed by atoms with Crippen LogP contribution in [0.25, 0.3) is 0 Å². The van der Waals surface area contributed by atoms with Crippen LogP contribution in [0.2, 0.25) is 0 Å². The first kappa shape index (κ1) is 11.3. The van der Waals surface area contributed by atoms with Gasteiger partial charge in [-0.25, -0.2) is 0 Å². The summed E-state index contributed by atoms with van der Waals surface area (Å²) in [6.45, 7) is 1.92. The van der Waals surface area contributed by atoms with Crippen molar-refractivity contribution in [3.63, 3.8) is 0 Å². The molecular weight excluding hydrogens is 242 g/mol. The zero-order chi connectivity index (χ0) is 11.7. The number of rotatable bonds is 2. The molecule has 4 nitrogen and oxygen atoms in total. The minimum absolute atomic E-state index is 0.0432. The Morgan fingerprint density at radius 2 is 2.31 bits per heavy atom. The Bertz CT molecular complexity index is 404. The van der Waals surface area contributed by atoms with Crippen LogP contribution in [-0.2, 0) is 4.79 Å². The summed E-state index contributed by atoms with van der Waals surface area (Å²) in [6.07, 6.45) is 0. The van der Waals surface area contributed by atoms with Crippen molar-refractivity contribution >= 4 is 34.6 Å². The van der Waals surface area contributed by atoms with Gasteiger partial charge < -0.3 is 16.4 Å². The molecule has 1 aromatic rings. The van der Waals surface area contributed by atoms with Gasteiger partial charge in [0.1, 0.15) is 0 Å². The topological polar surface area (TPSA) is 67.2 Å². The number of carbonyl (C=O) groups is 1. The molecule has 16 heavy (non-hydrogen) atoms. The van der Waals surface area contributed by atoms with Crippen molar-refractivity contribution in [3.05, 3.63) is 22.4 Å². The Morgan fingerprint density at radius 3 is 2.88 bits per heavy atom. The molecule has 3 unspecified atom stereocenters. The molecule has 0 spiro atoms. The number of nitrogens with one attached hydrogen (secondary N) is 2. The van der Waals surface area contributed by atoms with E-state index in [4.69, 9.17) is 18.0 Å². The fraction of sp³-hybridized carbons (Fsp3) is 0.400. The standard InChI is InChI=1S/C10H13N3OS2/c1-5-7(9(11)14)8(13-10(15)12-5)6-3-2-4-16-6/h2-5,7-8H,1H3,(H2,11,14)(H2,12,13,15). The Hall–Kier alpha value is -1.14. The lowest BCUT2D eigenvalue weighted by atomic mass is 9.89. The minimum Gasteiger partial charge on any atom is -0.369 e. The average molecular weight is 255 g/mol. The monoisotopic (exact) mass is 255 g/mol. The van der Waals surface area contributed by atoms with E-state index in [1.54, 1.807) is 11.3 Å². The maximum atomic E-state index is 11.5. The van der Waals surface area contributed by atoms with Gasteiger partial charge in [-0.05, 0) is 30.6 Å². The van der Waals surface area contributed by atoms with Crippen LogP contribution < -0.4 is 16.4 Å². The van der Waals surface area contributed by atoms with Crippen LogP contribution in [0.3, 0.4) is 0 Å². The summed E-state index contributed by atoms with van der Waals surface area (Å²) in [4.78, 5) is 12.6. The Labute approximate surface area is 103 Å². The normalized spacial score (nSPS) is 29.3. The Balaban J connectivity index is 2.31. The molecule has 6 heteroatoms. The molecule has 2 heterocycles. The molecule has 0 saturated carbocycles. The number of amides is 1. The number of carbonyl (C=O) groups excluding carboxylic acids is 1. The molecule has 4 N–H and O–H groups in total. The fourth-order valence-electron chi connectivity index (χ4n) is 1.98. The number of hydrogen-bond donors (Lipinski definition) is 3. The number of primary amides is 1. The van der Waals surface area contributed by atoms with Crippen LogP contribution in [-0.4, -0.2) is 17.1 Å². The minimum atomic E-state index is -0.312. The van der Waals surface area contributed by atoms with Crippen LogP contribution in [0.1, 0.15) is 17.8 Å². The SMILES string of the molecule is CC1NC(=S)NC(c2cccs2)C1C(N)=O. The summed E-state index contributed by atoms with van der Waals surface area (Å²) in [7, 11) is 0. The molecule has 0 radical (unpaired) electrons. The van der Waals surface area contributed by atoms with Gasteiger partial charge >= 0.3 is 0 Å². The summed E-state index contributed by atoms with van der Waals surface area (Å²) in [5.41, 5.74) is 5.44. The third-order valence-corrected chi connectivity index (χ3v) is 3.91. The molecule has 1 aliphatic heterocycles. The van der Waals surface area contributed by atoms with Gasteiger partial charge in [0.2, 0.25) is 5.91 Å². The van der Waals surface area contributed by atoms with E-state index in [0.717, 1.165) is 4.88 Å². The van der Waals surface area contributed by atoms with E-state index in [9.17, 15) is 4.79 Å². The van der Waals surface area contributed by atoms with Crippen molar-refractivity contribution in [1.29, 1.82) is 0 Å². The van der Waals surface area contributed by atoms with Crippen LogP contribution in [0.5, 0.6) is 0 Å². The molecule has 1 amide bonds. The lowest BCUT2D eigenvalue weighted by molar-refractivity contribution is -0.123. The lowest BCUT2D eigenvalue weighted by Crippen LogP contribution is -2.58. The van der Waals surface area contributed by atoms with E-state index in [0.29, 0.717) is 5.11 Å². The smallest absolute Gasteiger partial charge is 0.225 e. The van der Waals surface area contributed by atoms with Gasteiger partial charge in [-0.2, -0.15) is 0 Å². The molecule has 1 fully saturated rings. The van der Waals surface area contributed by atoms with Crippen molar-refractivity contribution in [2.45, 2.75) is 19.0 Å². The number of hydrogen-bond acceptors (Lipinski definition) is 3. The molecule has 0 aliphatic carbocycles. The van der Waals surface area contributed by atoms with Crippen LogP contribution in [0, 0.1) is 5.92 Å². The molecular formula is C10H13N3OS2. The van der Waals surface area contributed by atoms with Crippen LogP contribution in [0.4, 0.5) is 0 Å². The van der Waals surface area contributed by atoms with E-state index in [1.807, 2.05) is 24.4 Å². The summed E-state index contributed by atoms with van der Waals surface area (Å²) in [5.74, 6) is -0.598. The highest BCUT2D eigenvalue weighted by atomic mass is 32.1. The summed E-state index contributed by atoms with van der Waals surface area (Å²) >= 11 is 6.70. The van der Waals surface area contributed by atoms with Crippen molar-refractivity contribution in [2.75, 3.05) is 0 Å². The third-order valence-electron chi connectivity index (χ3n) is 2.72. The van der Waals surface area contributed by atoms with Crippen molar-refractivity contribution in [1.82, 2.24) is 10.6 Å². The van der Waals surface area contributed by atoms with Crippen molar-refractivity contribution < 1.29 is 4.79 Å². The van der Waals surface area contributed by atoms with Crippen LogP contribution >= 0.6 is 23.6 Å². The zero-order valence-corrected chi connectivity index (χ0v) is 10.4. The van der Waals surface area contributed by atoms with E-state index in [1.165, 1.54) is 0 Å². The highest BCUT2D eigenvalue weighted by molar-refractivity contribution is 7.80. The van der Waals surface area contributed by atoms with Gasteiger partial charge in [-0.3, -0.25) is 4.79 Å². The first-order valence-corrected chi connectivity index (χ1v) is 6.28. The summed E-state index contributed by atoms with van der Waals surface area (Å²) in [6, 6.07) is 3.79. The highest BCUT2D eigenvalue weighted by Gasteiger charge is 2.37. The van der Waals surface area contributed by atoms with Crippen molar-refractivity contribution in [3.8, 4) is 0 Å². The Morgan fingerprint density at radius 1 is 1.56 bits per heavy atom. The first-order chi connectivity index (χ1) is 7.59. The van der Waals surface area contributed by atoms with E-state index in [-0.39, 0.29) is 23.9 Å². The molecule has 1 aromatic heterocycles. The number of thiocarbonyl (C=S) groups is 1. The summed E-state index contributed by atoms with van der Waals surface area (Å²) in [5, 5.41) is 8.69. The molecule has 86 valence electrons. The quantitative estimate of drug-likeness (QED) is 0.683. The lowest BCUT2D eigenvalue weighted by Gasteiger charge is -2.36. The second-order valence-electron chi connectivity index (χ2n) is 3.83. The van der Waals surface area contributed by atoms with E-state index >= 15 is 0 Å². The third kappa shape index (κ3) is 2.03. The number of nitrogens with two attached hydrogens (primary N) is 1. The van der Waals surface area contributed by atoms with Crippen molar-refractivity contribution in [2.24, 2.45) is 11.7 Å². The predicted molar refractivity (Wildman–Crippen MR) is 68.1 cm³/mol. The van der Waals surface area contributed by atoms with E-state index in [2.05, 4.69) is 10.6 Å². The molecule has 0 bridgehead atoms. The van der Waals surface area contributed by atoms with Gasteiger partial charge in [0, 0.05) is 10.9 Å². The fourth-order valence-corrected chi connectivity index (χ4v) is 3.12. The molecule has 2 rings (SSSR count). The average Bonchev–Trinajstić information content (AvgIpc) is 2.67. The molecule has 1 aliphatic rings. The molecule has 0 aromatic carbocycles. The maximum Gasteiger partial charge on any atom is 0.225 e. The predicted octanol–water partition coefficient (Wildman–Crippen LogP) is 0.757. The second kappa shape index (κ2) is 4.39. The van der Waals surface area contributed by atoms with Gasteiger partial charge in [0.05, 0.1) is 12.0 Å². The van der Waals surface area contributed by atoms with Gasteiger partial charge in [-0.15, -0.1) is 11.3 Å². The highest BCUT2D eigenvalue weighted by Crippen LogP contribution is 2.30. The number of thiophene rings is 1. The Kier molecular flexibility index (Phi) is 3.11. The van der Waals surface area contributed by atoms with Gasteiger partial charge in [-0.1, -0.05) is 6.07 Å². The molecule has 1 saturated heterocycles. The zero-order valence-electron chi connectivity index (χ0n) is 8.77.